The molecule has 1 saturated heterocycles. The van der Waals surface area contributed by atoms with Crippen molar-refractivity contribution in [2.45, 2.75) is 104 Å². The molecular formula is C20H40N4O4Si. The maximum absolute atomic E-state index is 13.1. The Bertz CT molecular complexity index is 633. The fourth-order valence-corrected chi connectivity index (χ4v) is 4.52. The van der Waals surface area contributed by atoms with Gasteiger partial charge in [0.1, 0.15) is 11.3 Å². The van der Waals surface area contributed by atoms with Crippen LogP contribution in [0.25, 0.3) is 10.4 Å². The van der Waals surface area contributed by atoms with Gasteiger partial charge in [-0.25, -0.2) is 4.79 Å². The number of azide groups is 1. The Kier molecular flexibility index (Phi) is 7.85. The molecule has 3 atom stereocenters. The summed E-state index contributed by atoms with van der Waals surface area (Å²) in [4.78, 5) is 17.6. The van der Waals surface area contributed by atoms with Crippen LogP contribution in [0, 0.1) is 5.92 Å². The normalized spacial score (nSPS) is 22.0. The van der Waals surface area contributed by atoms with Gasteiger partial charge in [0.2, 0.25) is 0 Å². The molecule has 9 heteroatoms. The fraction of sp³-hybridized carbons (Fsp3) is 0.950. The summed E-state index contributed by atoms with van der Waals surface area (Å²) in [5.74, 6) is -0.0903. The molecule has 1 amide bonds. The molecule has 1 fully saturated rings. The number of hydrogen-bond acceptors (Lipinski definition) is 5. The molecule has 0 radical (unpaired) electrons. The lowest BCUT2D eigenvalue weighted by Gasteiger charge is -2.45. The molecule has 168 valence electrons. The molecule has 0 bridgehead atoms. The van der Waals surface area contributed by atoms with Crippen molar-refractivity contribution in [3.8, 4) is 0 Å². The Balaban J connectivity index is 3.33. The molecule has 1 aliphatic heterocycles. The van der Waals surface area contributed by atoms with E-state index in [0.717, 1.165) is 0 Å². The second-order valence-electron chi connectivity index (χ2n) is 10.9. The molecule has 0 aromatic heterocycles. The summed E-state index contributed by atoms with van der Waals surface area (Å²) in [6, 6.07) is -0.335. The van der Waals surface area contributed by atoms with E-state index in [-0.39, 0.29) is 29.6 Å². The summed E-state index contributed by atoms with van der Waals surface area (Å²) in [6.07, 6.45) is -0.763. The zero-order chi connectivity index (χ0) is 22.8. The molecular weight excluding hydrogens is 388 g/mol. The lowest BCUT2D eigenvalue weighted by atomic mass is 9.97. The number of nitrogens with zero attached hydrogens (tertiary/aromatic N) is 4. The fourth-order valence-electron chi connectivity index (χ4n) is 3.10. The molecule has 8 nitrogen and oxygen atoms in total. The van der Waals surface area contributed by atoms with Gasteiger partial charge in [-0.3, -0.25) is 4.90 Å². The van der Waals surface area contributed by atoms with E-state index in [1.807, 2.05) is 41.5 Å². The summed E-state index contributed by atoms with van der Waals surface area (Å²) in [5.41, 5.74) is 7.35. The molecule has 0 saturated carbocycles. The highest BCUT2D eigenvalue weighted by molar-refractivity contribution is 6.74. The van der Waals surface area contributed by atoms with E-state index < -0.39 is 25.7 Å². The van der Waals surface area contributed by atoms with Crippen LogP contribution in [-0.4, -0.2) is 55.9 Å². The molecule has 1 aliphatic rings. The van der Waals surface area contributed by atoms with E-state index in [2.05, 4.69) is 43.9 Å². The minimum absolute atomic E-state index is 0.00477. The predicted octanol–water partition coefficient (Wildman–Crippen LogP) is 5.70. The van der Waals surface area contributed by atoms with Crippen molar-refractivity contribution in [1.29, 1.82) is 0 Å². The monoisotopic (exact) mass is 428 g/mol. The highest BCUT2D eigenvalue weighted by Crippen LogP contribution is 2.41. The molecule has 29 heavy (non-hydrogen) atoms. The second kappa shape index (κ2) is 8.84. The van der Waals surface area contributed by atoms with Crippen LogP contribution in [0.15, 0.2) is 5.11 Å². The van der Waals surface area contributed by atoms with E-state index in [9.17, 15) is 4.79 Å². The SMILES string of the molecule is C[C@@H](CN=[N+]=[N-])[C@H](O[Si](C)(C)C(C)(C)C)[C@H]1COC(C)(C)N1C(=O)OC(C)(C)C. The van der Waals surface area contributed by atoms with Gasteiger partial charge in [0.05, 0.1) is 18.8 Å². The van der Waals surface area contributed by atoms with Crippen LogP contribution >= 0.6 is 0 Å². The zero-order valence-corrected chi connectivity index (χ0v) is 21.1. The Labute approximate surface area is 177 Å². The van der Waals surface area contributed by atoms with E-state index in [4.69, 9.17) is 19.4 Å². The third-order valence-corrected chi connectivity index (χ3v) is 10.2. The predicted molar refractivity (Wildman–Crippen MR) is 117 cm³/mol. The van der Waals surface area contributed by atoms with Gasteiger partial charge in [0.25, 0.3) is 0 Å². The summed E-state index contributed by atoms with van der Waals surface area (Å²) < 4.78 is 18.4. The first-order valence-electron chi connectivity index (χ1n) is 10.3. The molecule has 1 rings (SSSR count). The molecule has 0 aromatic carbocycles. The number of carbonyl (C=O) groups excluding carboxylic acids is 1. The first-order chi connectivity index (χ1) is 12.9. The van der Waals surface area contributed by atoms with Crippen LogP contribution in [0.5, 0.6) is 0 Å². The van der Waals surface area contributed by atoms with E-state index >= 15 is 0 Å². The van der Waals surface area contributed by atoms with Gasteiger partial charge >= 0.3 is 6.09 Å². The largest absolute Gasteiger partial charge is 0.444 e. The van der Waals surface area contributed by atoms with Gasteiger partial charge < -0.3 is 13.9 Å². The number of hydrogen-bond donors (Lipinski definition) is 0. The van der Waals surface area contributed by atoms with Crippen LogP contribution in [0.3, 0.4) is 0 Å². The number of rotatable bonds is 6. The Morgan fingerprint density at radius 1 is 1.31 bits per heavy atom. The van der Waals surface area contributed by atoms with Crippen molar-refractivity contribution in [3.05, 3.63) is 10.4 Å². The van der Waals surface area contributed by atoms with Crippen molar-refractivity contribution in [1.82, 2.24) is 4.90 Å². The molecule has 0 unspecified atom stereocenters. The number of carbonyl (C=O) groups is 1. The summed E-state index contributed by atoms with van der Waals surface area (Å²) >= 11 is 0. The first kappa shape index (κ1) is 25.8. The molecule has 0 aliphatic carbocycles. The van der Waals surface area contributed by atoms with E-state index in [1.165, 1.54) is 0 Å². The second-order valence-corrected chi connectivity index (χ2v) is 15.7. The number of ether oxygens (including phenoxy) is 2. The quantitative estimate of drug-likeness (QED) is 0.235. The molecule has 0 N–H and O–H groups in total. The molecule has 1 heterocycles. The number of amides is 1. The van der Waals surface area contributed by atoms with E-state index in [0.29, 0.717) is 6.61 Å². The molecule has 0 aromatic rings. The zero-order valence-electron chi connectivity index (χ0n) is 20.1. The molecule has 0 spiro atoms. The van der Waals surface area contributed by atoms with Crippen molar-refractivity contribution >= 4 is 14.4 Å². The lowest BCUT2D eigenvalue weighted by Crippen LogP contribution is -2.58. The summed E-state index contributed by atoms with van der Waals surface area (Å²) in [6.45, 7) is 22.8. The van der Waals surface area contributed by atoms with Crippen LogP contribution < -0.4 is 0 Å². The standard InChI is InChI=1S/C20H40N4O4Si/c1-14(12-22-23-21)16(28-29(10,11)19(5,6)7)15-13-26-20(8,9)24(15)17(25)27-18(2,3)4/h14-16H,12-13H2,1-11H3/t14-,15+,16-/m0/s1. The van der Waals surface area contributed by atoms with Crippen molar-refractivity contribution < 1.29 is 18.7 Å². The Hall–Kier alpha value is -1.28. The summed E-state index contributed by atoms with van der Waals surface area (Å²) in [5, 5.41) is 3.76. The van der Waals surface area contributed by atoms with Crippen molar-refractivity contribution in [3.63, 3.8) is 0 Å². The van der Waals surface area contributed by atoms with Gasteiger partial charge in [0.15, 0.2) is 8.32 Å². The smallest absolute Gasteiger partial charge is 0.412 e. The van der Waals surface area contributed by atoms with Crippen molar-refractivity contribution in [2.24, 2.45) is 11.0 Å². The Morgan fingerprint density at radius 2 is 1.86 bits per heavy atom. The lowest BCUT2D eigenvalue weighted by molar-refractivity contribution is -0.0691. The third-order valence-electron chi connectivity index (χ3n) is 5.72. The topological polar surface area (TPSA) is 96.8 Å². The van der Waals surface area contributed by atoms with Gasteiger partial charge in [-0.2, -0.15) is 0 Å². The Morgan fingerprint density at radius 3 is 2.31 bits per heavy atom. The highest BCUT2D eigenvalue weighted by Gasteiger charge is 2.52. The van der Waals surface area contributed by atoms with Gasteiger partial charge in [-0.1, -0.05) is 32.8 Å². The third kappa shape index (κ3) is 6.60. The average molecular weight is 429 g/mol. The van der Waals surface area contributed by atoms with Gasteiger partial charge in [-0.15, -0.1) is 0 Å². The van der Waals surface area contributed by atoms with Crippen LogP contribution in [-0.2, 0) is 13.9 Å². The van der Waals surface area contributed by atoms with Crippen LogP contribution in [0.1, 0.15) is 62.3 Å². The average Bonchev–Trinajstić information content (AvgIpc) is 2.82. The van der Waals surface area contributed by atoms with Gasteiger partial charge in [0, 0.05) is 11.5 Å². The van der Waals surface area contributed by atoms with Crippen LogP contribution in [0.4, 0.5) is 4.79 Å². The van der Waals surface area contributed by atoms with Gasteiger partial charge in [-0.05, 0) is 64.2 Å². The maximum atomic E-state index is 13.1. The van der Waals surface area contributed by atoms with Crippen molar-refractivity contribution in [2.75, 3.05) is 13.2 Å². The summed E-state index contributed by atoms with van der Waals surface area (Å²) in [7, 11) is -2.16. The maximum Gasteiger partial charge on any atom is 0.412 e. The highest BCUT2D eigenvalue weighted by atomic mass is 28.4. The van der Waals surface area contributed by atoms with E-state index in [1.54, 1.807) is 4.90 Å². The minimum atomic E-state index is -2.16. The first-order valence-corrected chi connectivity index (χ1v) is 13.2. The minimum Gasteiger partial charge on any atom is -0.444 e. The van der Waals surface area contributed by atoms with Crippen LogP contribution in [0.2, 0.25) is 18.1 Å².